The fourth-order valence-corrected chi connectivity index (χ4v) is 1.17. The smallest absolute Gasteiger partial charge is 0.148 e. The molecule has 0 radical (unpaired) electrons. The summed E-state index contributed by atoms with van der Waals surface area (Å²) in [6, 6.07) is 0. The SMILES string of the molecule is CCCCOCc1noc(C)c1Br. The Morgan fingerprint density at radius 3 is 2.85 bits per heavy atom. The fraction of sp³-hybridized carbons (Fsp3) is 0.667. The van der Waals surface area contributed by atoms with Crippen molar-refractivity contribution in [1.29, 1.82) is 0 Å². The molecule has 13 heavy (non-hydrogen) atoms. The second kappa shape index (κ2) is 5.40. The summed E-state index contributed by atoms with van der Waals surface area (Å²) in [7, 11) is 0. The molecule has 0 aliphatic rings. The van der Waals surface area contributed by atoms with Gasteiger partial charge < -0.3 is 9.26 Å². The Kier molecular flexibility index (Phi) is 4.45. The molecule has 0 bridgehead atoms. The van der Waals surface area contributed by atoms with E-state index in [9.17, 15) is 0 Å². The molecule has 0 aromatic carbocycles. The number of nitrogens with zero attached hydrogens (tertiary/aromatic N) is 1. The number of unbranched alkanes of at least 4 members (excludes halogenated alkanes) is 1. The van der Waals surface area contributed by atoms with E-state index in [0.29, 0.717) is 6.61 Å². The fourth-order valence-electron chi connectivity index (χ4n) is 0.912. The monoisotopic (exact) mass is 247 g/mol. The molecule has 0 N–H and O–H groups in total. The van der Waals surface area contributed by atoms with Crippen molar-refractivity contribution in [3.05, 3.63) is 15.9 Å². The van der Waals surface area contributed by atoms with Gasteiger partial charge in [-0.15, -0.1) is 0 Å². The van der Waals surface area contributed by atoms with E-state index < -0.39 is 0 Å². The maximum atomic E-state index is 5.40. The van der Waals surface area contributed by atoms with Gasteiger partial charge in [-0.2, -0.15) is 0 Å². The molecular formula is C9H14BrNO2. The molecule has 0 saturated carbocycles. The van der Waals surface area contributed by atoms with Crippen LogP contribution in [0.5, 0.6) is 0 Å². The van der Waals surface area contributed by atoms with E-state index in [-0.39, 0.29) is 0 Å². The first-order valence-electron chi connectivity index (χ1n) is 4.44. The van der Waals surface area contributed by atoms with Crippen LogP contribution in [0.1, 0.15) is 31.2 Å². The molecule has 1 heterocycles. The third-order valence-corrected chi connectivity index (χ3v) is 2.75. The number of ether oxygens (including phenoxy) is 1. The lowest BCUT2D eigenvalue weighted by atomic mass is 10.3. The highest BCUT2D eigenvalue weighted by Gasteiger charge is 2.08. The van der Waals surface area contributed by atoms with E-state index in [4.69, 9.17) is 9.26 Å². The highest BCUT2D eigenvalue weighted by atomic mass is 79.9. The molecule has 4 heteroatoms. The number of rotatable bonds is 5. The summed E-state index contributed by atoms with van der Waals surface area (Å²) in [6.45, 7) is 5.32. The van der Waals surface area contributed by atoms with Crippen LogP contribution in [0.25, 0.3) is 0 Å². The topological polar surface area (TPSA) is 35.3 Å². The predicted molar refractivity (Wildman–Crippen MR) is 53.5 cm³/mol. The Labute approximate surface area is 86.6 Å². The molecule has 74 valence electrons. The molecular weight excluding hydrogens is 234 g/mol. The maximum Gasteiger partial charge on any atom is 0.148 e. The highest BCUT2D eigenvalue weighted by Crippen LogP contribution is 2.20. The first-order valence-corrected chi connectivity index (χ1v) is 5.23. The number of hydrogen-bond donors (Lipinski definition) is 0. The molecule has 0 atom stereocenters. The second-order valence-electron chi connectivity index (χ2n) is 2.91. The van der Waals surface area contributed by atoms with E-state index in [0.717, 1.165) is 35.4 Å². The second-order valence-corrected chi connectivity index (χ2v) is 3.70. The van der Waals surface area contributed by atoms with E-state index in [2.05, 4.69) is 28.0 Å². The van der Waals surface area contributed by atoms with Crippen LogP contribution in [0.3, 0.4) is 0 Å². The van der Waals surface area contributed by atoms with Gasteiger partial charge in [-0.05, 0) is 29.3 Å². The lowest BCUT2D eigenvalue weighted by Crippen LogP contribution is -1.95. The number of halogens is 1. The van der Waals surface area contributed by atoms with Crippen molar-refractivity contribution in [3.63, 3.8) is 0 Å². The van der Waals surface area contributed by atoms with Gasteiger partial charge in [0.1, 0.15) is 11.5 Å². The molecule has 0 aliphatic heterocycles. The van der Waals surface area contributed by atoms with Crippen LogP contribution in [-0.2, 0) is 11.3 Å². The molecule has 0 aliphatic carbocycles. The standard InChI is InChI=1S/C9H14BrNO2/c1-3-4-5-12-6-8-9(10)7(2)13-11-8/h3-6H2,1-2H3. The van der Waals surface area contributed by atoms with Gasteiger partial charge in [0.05, 0.1) is 11.1 Å². The quantitative estimate of drug-likeness (QED) is 0.751. The normalized spacial score (nSPS) is 10.7. The van der Waals surface area contributed by atoms with Crippen molar-refractivity contribution >= 4 is 15.9 Å². The average Bonchev–Trinajstić information content (AvgIpc) is 2.43. The molecule has 0 spiro atoms. The number of aromatic nitrogens is 1. The Hall–Kier alpha value is -0.350. The Bertz CT molecular complexity index is 260. The van der Waals surface area contributed by atoms with Crippen LogP contribution in [0.15, 0.2) is 9.00 Å². The van der Waals surface area contributed by atoms with Gasteiger partial charge in [-0.25, -0.2) is 0 Å². The van der Waals surface area contributed by atoms with Crippen LogP contribution in [-0.4, -0.2) is 11.8 Å². The Morgan fingerprint density at radius 1 is 1.54 bits per heavy atom. The summed E-state index contributed by atoms with van der Waals surface area (Å²) < 4.78 is 11.3. The summed E-state index contributed by atoms with van der Waals surface area (Å²) in [5.41, 5.74) is 0.841. The van der Waals surface area contributed by atoms with Crippen LogP contribution < -0.4 is 0 Å². The lowest BCUT2D eigenvalue weighted by Gasteiger charge is -1.99. The van der Waals surface area contributed by atoms with E-state index >= 15 is 0 Å². The van der Waals surface area contributed by atoms with Crippen LogP contribution in [0, 0.1) is 6.92 Å². The zero-order chi connectivity index (χ0) is 9.68. The highest BCUT2D eigenvalue weighted by molar-refractivity contribution is 9.10. The minimum Gasteiger partial charge on any atom is -0.375 e. The number of hydrogen-bond acceptors (Lipinski definition) is 3. The zero-order valence-corrected chi connectivity index (χ0v) is 9.56. The van der Waals surface area contributed by atoms with Crippen LogP contribution in [0.2, 0.25) is 0 Å². The van der Waals surface area contributed by atoms with Crippen LogP contribution in [0.4, 0.5) is 0 Å². The molecule has 1 aromatic rings. The van der Waals surface area contributed by atoms with Gasteiger partial charge in [-0.1, -0.05) is 18.5 Å². The van der Waals surface area contributed by atoms with Gasteiger partial charge in [0, 0.05) is 6.61 Å². The Morgan fingerprint density at radius 2 is 2.31 bits per heavy atom. The van der Waals surface area contributed by atoms with Gasteiger partial charge in [0.2, 0.25) is 0 Å². The summed E-state index contributed by atoms with van der Waals surface area (Å²) in [5, 5.41) is 3.87. The lowest BCUT2D eigenvalue weighted by molar-refractivity contribution is 0.112. The Balaban J connectivity index is 2.32. The molecule has 0 fully saturated rings. The summed E-state index contributed by atoms with van der Waals surface area (Å²) in [4.78, 5) is 0. The molecule has 1 rings (SSSR count). The van der Waals surface area contributed by atoms with Crippen molar-refractivity contribution in [2.45, 2.75) is 33.3 Å². The van der Waals surface area contributed by atoms with Crippen LogP contribution >= 0.6 is 15.9 Å². The molecule has 0 amide bonds. The van der Waals surface area contributed by atoms with Gasteiger partial charge >= 0.3 is 0 Å². The zero-order valence-electron chi connectivity index (χ0n) is 7.97. The maximum absolute atomic E-state index is 5.40. The minimum absolute atomic E-state index is 0.526. The third-order valence-electron chi connectivity index (χ3n) is 1.74. The first-order chi connectivity index (χ1) is 6.25. The van der Waals surface area contributed by atoms with Crippen molar-refractivity contribution in [2.75, 3.05) is 6.61 Å². The van der Waals surface area contributed by atoms with E-state index in [1.54, 1.807) is 0 Å². The van der Waals surface area contributed by atoms with E-state index in [1.165, 1.54) is 0 Å². The first kappa shape index (κ1) is 10.7. The number of aryl methyl sites for hydroxylation is 1. The summed E-state index contributed by atoms with van der Waals surface area (Å²) >= 11 is 3.38. The van der Waals surface area contributed by atoms with Crippen molar-refractivity contribution < 1.29 is 9.26 Å². The van der Waals surface area contributed by atoms with Crippen molar-refractivity contribution in [1.82, 2.24) is 5.16 Å². The van der Waals surface area contributed by atoms with Crippen molar-refractivity contribution in [3.8, 4) is 0 Å². The van der Waals surface area contributed by atoms with Gasteiger partial charge in [-0.3, -0.25) is 0 Å². The predicted octanol–water partition coefficient (Wildman–Crippen LogP) is 3.06. The van der Waals surface area contributed by atoms with Gasteiger partial charge in [0.15, 0.2) is 0 Å². The largest absolute Gasteiger partial charge is 0.375 e. The molecule has 0 saturated heterocycles. The minimum atomic E-state index is 0.526. The molecule has 3 nitrogen and oxygen atoms in total. The third kappa shape index (κ3) is 3.12. The van der Waals surface area contributed by atoms with E-state index in [1.807, 2.05) is 6.92 Å². The molecule has 1 aromatic heterocycles. The van der Waals surface area contributed by atoms with Gasteiger partial charge in [0.25, 0.3) is 0 Å². The summed E-state index contributed by atoms with van der Waals surface area (Å²) in [5.74, 6) is 0.800. The summed E-state index contributed by atoms with van der Waals surface area (Å²) in [6.07, 6.45) is 2.24. The van der Waals surface area contributed by atoms with Crippen molar-refractivity contribution in [2.24, 2.45) is 0 Å². The molecule has 0 unspecified atom stereocenters. The average molecular weight is 248 g/mol.